The lowest BCUT2D eigenvalue weighted by atomic mass is 9.81. The molecule has 0 spiro atoms. The lowest BCUT2D eigenvalue weighted by molar-refractivity contribution is 0.660. The molecule has 2 aliphatic heterocycles. The van der Waals surface area contributed by atoms with Crippen LogP contribution in [-0.2, 0) is 18.3 Å². The first-order valence-electron chi connectivity index (χ1n) is 24.3. The molecule has 0 unspecified atom stereocenters. The second kappa shape index (κ2) is 15.3. The number of benzene rings is 11. The van der Waals surface area contributed by atoms with Gasteiger partial charge in [-0.15, -0.1) is 0 Å². The van der Waals surface area contributed by atoms with Crippen molar-refractivity contribution in [2.45, 2.75) is 32.1 Å². The monoisotopic (exact) mass is 880 g/mol. The molecule has 11 aromatic rings. The maximum Gasteiger partial charge on any atom is 0.0497 e. The molecular weight excluding hydrogens is 833 g/mol. The highest BCUT2D eigenvalue weighted by Crippen LogP contribution is 2.52. The summed E-state index contributed by atoms with van der Waals surface area (Å²) in [6.45, 7) is 4.77. The van der Waals surface area contributed by atoms with Gasteiger partial charge >= 0.3 is 0 Å². The van der Waals surface area contributed by atoms with Crippen molar-refractivity contribution in [3.63, 3.8) is 0 Å². The molecule has 11 aromatic carbocycles. The van der Waals surface area contributed by atoms with Crippen LogP contribution in [0.2, 0.25) is 0 Å². The van der Waals surface area contributed by atoms with Gasteiger partial charge in [-0.05, 0) is 166 Å². The van der Waals surface area contributed by atoms with E-state index >= 15 is 0 Å². The van der Waals surface area contributed by atoms with Crippen LogP contribution in [0.25, 0.3) is 66.7 Å². The van der Waals surface area contributed by atoms with Gasteiger partial charge in [0.1, 0.15) is 0 Å². The number of hydrogen-bond acceptors (Lipinski definition) is 2. The van der Waals surface area contributed by atoms with E-state index in [4.69, 9.17) is 0 Å². The molecule has 0 bridgehead atoms. The summed E-state index contributed by atoms with van der Waals surface area (Å²) >= 11 is 0. The standard InChI is InChI=1S/C67H48N2/c1-67(2)61-36-44(22-31-59(61)60-34-30-56(42-62(60)67)69-65-17-9-5-13-53(65)40-54-14-6-10-18-66(54)69)20-19-43-21-23-46-37-47(25-24-45(46)35-43)48-28-32-57-49(38-48)26-27-50-41-55(29-33-58(50)57)68-63-15-7-3-11-51(63)39-52-12-4-8-16-64(52)68/h3-38,41-42H,39-40H2,1-2H3. The quantitative estimate of drug-likeness (QED) is 0.126. The molecular formula is C67H48N2. The second-order valence-corrected chi connectivity index (χ2v) is 19.8. The van der Waals surface area contributed by atoms with Crippen molar-refractivity contribution < 1.29 is 0 Å². The predicted octanol–water partition coefficient (Wildman–Crippen LogP) is 18.0. The van der Waals surface area contributed by atoms with Crippen molar-refractivity contribution in [1.82, 2.24) is 0 Å². The summed E-state index contributed by atoms with van der Waals surface area (Å²) in [5, 5.41) is 7.52. The molecule has 14 rings (SSSR count). The molecule has 0 saturated heterocycles. The minimum absolute atomic E-state index is 0.141. The molecule has 0 fully saturated rings. The minimum Gasteiger partial charge on any atom is -0.310 e. The Hall–Kier alpha value is -8.46. The van der Waals surface area contributed by atoms with E-state index in [1.54, 1.807) is 0 Å². The maximum atomic E-state index is 2.46. The summed E-state index contributed by atoms with van der Waals surface area (Å²) < 4.78 is 0. The fourth-order valence-electron chi connectivity index (χ4n) is 11.8. The molecule has 0 atom stereocenters. The molecule has 326 valence electrons. The van der Waals surface area contributed by atoms with Crippen LogP contribution < -0.4 is 9.80 Å². The van der Waals surface area contributed by atoms with E-state index in [-0.39, 0.29) is 5.41 Å². The molecule has 0 saturated carbocycles. The van der Waals surface area contributed by atoms with Crippen molar-refractivity contribution in [3.8, 4) is 22.3 Å². The lowest BCUT2D eigenvalue weighted by Crippen LogP contribution is -2.20. The third-order valence-corrected chi connectivity index (χ3v) is 15.4. The zero-order valence-electron chi connectivity index (χ0n) is 38.7. The van der Waals surface area contributed by atoms with Crippen molar-refractivity contribution >= 4 is 78.6 Å². The number of nitrogens with zero attached hydrogens (tertiary/aromatic N) is 2. The summed E-state index contributed by atoms with van der Waals surface area (Å²) in [7, 11) is 0. The van der Waals surface area contributed by atoms with E-state index in [9.17, 15) is 0 Å². The van der Waals surface area contributed by atoms with E-state index in [0.717, 1.165) is 12.8 Å². The van der Waals surface area contributed by atoms with Gasteiger partial charge in [0.2, 0.25) is 0 Å². The van der Waals surface area contributed by atoms with Gasteiger partial charge in [0.25, 0.3) is 0 Å². The zero-order valence-corrected chi connectivity index (χ0v) is 38.7. The first kappa shape index (κ1) is 39.7. The van der Waals surface area contributed by atoms with Crippen LogP contribution in [-0.4, -0.2) is 0 Å². The van der Waals surface area contributed by atoms with E-state index < -0.39 is 0 Å². The van der Waals surface area contributed by atoms with Crippen LogP contribution >= 0.6 is 0 Å². The fraction of sp³-hybridized carbons (Fsp3) is 0.0746. The van der Waals surface area contributed by atoms with Gasteiger partial charge in [-0.1, -0.05) is 178 Å². The van der Waals surface area contributed by atoms with Crippen molar-refractivity contribution in [2.24, 2.45) is 0 Å². The third kappa shape index (κ3) is 6.40. The van der Waals surface area contributed by atoms with Gasteiger partial charge in [0, 0.05) is 52.4 Å². The zero-order chi connectivity index (χ0) is 45.8. The largest absolute Gasteiger partial charge is 0.310 e. The number of para-hydroxylation sites is 4. The van der Waals surface area contributed by atoms with E-state index in [1.807, 2.05) is 0 Å². The SMILES string of the molecule is CC1(C)c2cc(C=Cc3ccc4cc(-c5ccc6c(ccc7cc(N8c9ccccc9Cc9ccccc98)ccc76)c5)ccc4c3)ccc2-c2ccc(N3c4ccccc4Cc4ccccc43)cc21. The van der Waals surface area contributed by atoms with Crippen molar-refractivity contribution in [1.29, 1.82) is 0 Å². The van der Waals surface area contributed by atoms with Gasteiger partial charge in [0.05, 0.1) is 0 Å². The highest BCUT2D eigenvalue weighted by molar-refractivity contribution is 6.10. The number of anilines is 6. The van der Waals surface area contributed by atoms with Crippen LogP contribution in [0.1, 0.15) is 58.4 Å². The number of rotatable bonds is 5. The van der Waals surface area contributed by atoms with Gasteiger partial charge < -0.3 is 9.80 Å². The predicted molar refractivity (Wildman–Crippen MR) is 292 cm³/mol. The molecule has 3 aliphatic rings. The highest BCUT2D eigenvalue weighted by atomic mass is 15.2. The van der Waals surface area contributed by atoms with Gasteiger partial charge in [-0.3, -0.25) is 0 Å². The second-order valence-electron chi connectivity index (χ2n) is 19.8. The first-order chi connectivity index (χ1) is 33.9. The molecule has 2 heterocycles. The van der Waals surface area contributed by atoms with Crippen LogP contribution in [0.4, 0.5) is 34.1 Å². The maximum absolute atomic E-state index is 2.46. The third-order valence-electron chi connectivity index (χ3n) is 15.4. The average Bonchev–Trinajstić information content (AvgIpc) is 3.62. The van der Waals surface area contributed by atoms with Crippen molar-refractivity contribution in [3.05, 3.63) is 263 Å². The molecule has 0 N–H and O–H groups in total. The summed E-state index contributed by atoms with van der Waals surface area (Å²) in [4.78, 5) is 4.89. The van der Waals surface area contributed by atoms with Crippen molar-refractivity contribution in [2.75, 3.05) is 9.80 Å². The normalized spacial score (nSPS) is 14.1. The van der Waals surface area contributed by atoms with Crippen LogP contribution in [0, 0.1) is 0 Å². The van der Waals surface area contributed by atoms with Gasteiger partial charge in [-0.2, -0.15) is 0 Å². The fourth-order valence-corrected chi connectivity index (χ4v) is 11.8. The summed E-state index contributed by atoms with van der Waals surface area (Å²) in [6.07, 6.45) is 6.45. The smallest absolute Gasteiger partial charge is 0.0497 e. The Bertz CT molecular complexity index is 3870. The van der Waals surface area contributed by atoms with E-state index in [0.29, 0.717) is 0 Å². The summed E-state index contributed by atoms with van der Waals surface area (Å²) in [5.74, 6) is 0. The average molecular weight is 881 g/mol. The lowest BCUT2D eigenvalue weighted by Gasteiger charge is -2.34. The Labute approximate surface area is 403 Å². The minimum atomic E-state index is -0.141. The van der Waals surface area contributed by atoms with Crippen LogP contribution in [0.3, 0.4) is 0 Å². The Morgan fingerprint density at radius 3 is 1.36 bits per heavy atom. The van der Waals surface area contributed by atoms with E-state index in [1.165, 1.54) is 133 Å². The van der Waals surface area contributed by atoms with Gasteiger partial charge in [0.15, 0.2) is 0 Å². The number of fused-ring (bicyclic) bond motifs is 11. The number of hydrogen-bond donors (Lipinski definition) is 0. The molecule has 0 radical (unpaired) electrons. The van der Waals surface area contributed by atoms with Crippen LogP contribution in [0.5, 0.6) is 0 Å². The van der Waals surface area contributed by atoms with E-state index in [2.05, 4.69) is 254 Å². The van der Waals surface area contributed by atoms with Gasteiger partial charge in [-0.25, -0.2) is 0 Å². The Kier molecular flexibility index (Phi) is 8.79. The van der Waals surface area contributed by atoms with Crippen LogP contribution in [0.15, 0.2) is 218 Å². The Morgan fingerprint density at radius 2 is 0.754 bits per heavy atom. The Morgan fingerprint density at radius 1 is 0.348 bits per heavy atom. The summed E-state index contributed by atoms with van der Waals surface area (Å²) in [5.41, 5.74) is 23.1. The Balaban J connectivity index is 0.717. The summed E-state index contributed by atoms with van der Waals surface area (Å²) in [6, 6.07) is 81.6. The molecule has 1 aliphatic carbocycles. The highest BCUT2D eigenvalue weighted by Gasteiger charge is 2.37. The first-order valence-corrected chi connectivity index (χ1v) is 24.3. The molecule has 2 nitrogen and oxygen atoms in total. The topological polar surface area (TPSA) is 6.48 Å². The molecule has 0 amide bonds. The molecule has 2 heteroatoms. The molecule has 0 aromatic heterocycles. The molecule has 69 heavy (non-hydrogen) atoms.